The summed E-state index contributed by atoms with van der Waals surface area (Å²) in [5.41, 5.74) is 11.0. The first-order chi connectivity index (χ1) is 6.54. The van der Waals surface area contributed by atoms with E-state index in [-0.39, 0.29) is 0 Å². The fraction of sp³-hybridized carbons (Fsp3) is 0.750. The van der Waals surface area contributed by atoms with Crippen molar-refractivity contribution in [2.45, 2.75) is 26.7 Å². The van der Waals surface area contributed by atoms with E-state index in [1.54, 1.807) is 4.67 Å². The van der Waals surface area contributed by atoms with Crippen LogP contribution in [0.15, 0.2) is 11.5 Å². The lowest BCUT2D eigenvalue weighted by molar-refractivity contribution is -0.837. The van der Waals surface area contributed by atoms with E-state index in [1.165, 1.54) is 0 Å². The van der Waals surface area contributed by atoms with Crippen molar-refractivity contribution >= 4 is 9.39 Å². The van der Waals surface area contributed by atoms with Gasteiger partial charge in [0.2, 0.25) is 0 Å². The molecule has 14 heavy (non-hydrogen) atoms. The number of hydrogen-bond acceptors (Lipinski definition) is 3. The second-order valence-electron chi connectivity index (χ2n) is 3.10. The van der Waals surface area contributed by atoms with Gasteiger partial charge in [-0.15, -0.1) is 6.54 Å². The number of nitrogens with zero attached hydrogens (tertiary/aromatic N) is 2. The van der Waals surface area contributed by atoms with E-state index in [2.05, 4.69) is 21.7 Å². The second-order valence-corrected chi connectivity index (χ2v) is 3.87. The lowest BCUT2D eigenvalue weighted by Crippen LogP contribution is -3.12. The van der Waals surface area contributed by atoms with Crippen LogP contribution in [0, 0.1) is 0 Å². The predicted octanol–water partition coefficient (Wildman–Crippen LogP) is -0.297. The van der Waals surface area contributed by atoms with Crippen LogP contribution in [-0.2, 0) is 0 Å². The van der Waals surface area contributed by atoms with Gasteiger partial charge < -0.3 is 15.8 Å². The van der Waals surface area contributed by atoms with Gasteiger partial charge in [0.25, 0.3) is 0 Å². The molecule has 0 aliphatic carbocycles. The third kappa shape index (κ3) is 4.24. The van der Waals surface area contributed by atoms with Gasteiger partial charge in [0.15, 0.2) is 11.5 Å². The number of hydrogen-bond donors (Lipinski definition) is 3. The average Bonchev–Trinajstić information content (AvgIpc) is 2.15. The highest BCUT2D eigenvalue weighted by Gasteiger charge is 2.09. The Hall–Kier alpha value is -0.350. The van der Waals surface area contributed by atoms with Crippen LogP contribution in [-0.4, -0.2) is 18.3 Å². The highest BCUT2D eigenvalue weighted by atomic mass is 31.0. The van der Waals surface area contributed by atoms with Crippen molar-refractivity contribution < 1.29 is 5.12 Å². The Morgan fingerprint density at radius 3 is 2.43 bits per heavy atom. The highest BCUT2D eigenvalue weighted by molar-refractivity contribution is 7.13. The largest absolute Gasteiger partial charge is 0.428 e. The van der Waals surface area contributed by atoms with E-state index in [1.807, 2.05) is 14.0 Å². The number of allylic oxidation sites excluding steroid dienone is 1. The molecule has 2 atom stereocenters. The van der Waals surface area contributed by atoms with Crippen LogP contribution in [0.5, 0.6) is 0 Å². The van der Waals surface area contributed by atoms with Gasteiger partial charge in [-0.1, -0.05) is 20.3 Å². The van der Waals surface area contributed by atoms with E-state index in [4.69, 9.17) is 11.6 Å². The van der Waals surface area contributed by atoms with Crippen LogP contribution in [0.2, 0.25) is 0 Å². The molecule has 0 aliphatic heterocycles. The molecule has 0 amide bonds. The molecule has 0 fully saturated rings. The summed E-state index contributed by atoms with van der Waals surface area (Å²) in [6, 6.07) is 0. The van der Waals surface area contributed by atoms with Gasteiger partial charge in [-0.25, -0.2) is 0 Å². The molecule has 84 valence electrons. The summed E-state index contributed by atoms with van der Waals surface area (Å²) in [6.45, 7) is 4.84. The number of quaternary nitrogens is 1. The number of rotatable bonds is 6. The molecule has 0 aliphatic rings. The molecular formula is C8H22N5P. The Bertz CT molecular complexity index is 192. The molecule has 2 unspecified atom stereocenters. The summed E-state index contributed by atoms with van der Waals surface area (Å²) < 4.78 is 1.77. The van der Waals surface area contributed by atoms with Crippen molar-refractivity contribution in [3.05, 3.63) is 16.9 Å². The quantitative estimate of drug-likeness (QED) is 0.326. The van der Waals surface area contributed by atoms with E-state index in [0.717, 1.165) is 25.1 Å². The lowest BCUT2D eigenvalue weighted by Gasteiger charge is -2.29. The molecule has 0 rings (SSSR count). The molecule has 0 saturated heterocycles. The van der Waals surface area contributed by atoms with Crippen molar-refractivity contribution in [2.24, 2.45) is 11.6 Å². The first-order valence-corrected chi connectivity index (χ1v) is 5.33. The van der Waals surface area contributed by atoms with Gasteiger partial charge in [-0.2, -0.15) is 5.84 Å². The van der Waals surface area contributed by atoms with Crippen LogP contribution in [0.4, 0.5) is 0 Å². The Labute approximate surface area is 88.7 Å². The standard InChI is InChI=1S/C8H22N5P/c1-4-6-11-13(10)7(5-2)8(9)12(3)14/h13H,4-6,9-10,14H2,1-3H3/b8-7+. The summed E-state index contributed by atoms with van der Waals surface area (Å²) in [5.74, 6) is 6.49. The molecule has 0 aromatic carbocycles. The lowest BCUT2D eigenvalue weighted by atomic mass is 10.3. The number of nitrogens with two attached hydrogens (primary N) is 2. The minimum Gasteiger partial charge on any atom is -0.428 e. The van der Waals surface area contributed by atoms with Crippen LogP contribution < -0.4 is 16.7 Å². The zero-order chi connectivity index (χ0) is 11.1. The normalized spacial score (nSPS) is 14.9. The summed E-state index contributed by atoms with van der Waals surface area (Å²) in [7, 11) is 4.37. The summed E-state index contributed by atoms with van der Waals surface area (Å²) in [5, 5.41) is 0.557. The molecular weight excluding hydrogens is 197 g/mol. The van der Waals surface area contributed by atoms with Crippen LogP contribution in [0.1, 0.15) is 26.7 Å². The molecule has 5 N–H and O–H groups in total. The Morgan fingerprint density at radius 1 is 1.50 bits per heavy atom. The third-order valence-electron chi connectivity index (χ3n) is 1.86. The molecule has 0 aromatic rings. The molecule has 6 heteroatoms. The van der Waals surface area contributed by atoms with Crippen LogP contribution in [0.3, 0.4) is 0 Å². The van der Waals surface area contributed by atoms with Crippen LogP contribution in [0.25, 0.3) is 5.43 Å². The molecule has 0 saturated carbocycles. The summed E-state index contributed by atoms with van der Waals surface area (Å²) >= 11 is 0. The van der Waals surface area contributed by atoms with Crippen LogP contribution >= 0.6 is 9.39 Å². The van der Waals surface area contributed by atoms with Gasteiger partial charge in [-0.05, 0) is 9.39 Å². The molecule has 0 bridgehead atoms. The van der Waals surface area contributed by atoms with E-state index >= 15 is 0 Å². The van der Waals surface area contributed by atoms with Crippen molar-refractivity contribution in [1.29, 1.82) is 0 Å². The summed E-state index contributed by atoms with van der Waals surface area (Å²) in [6.07, 6.45) is 1.79. The Balaban J connectivity index is 4.45. The predicted molar refractivity (Wildman–Crippen MR) is 62.6 cm³/mol. The Kier molecular flexibility index (Phi) is 6.83. The van der Waals surface area contributed by atoms with Gasteiger partial charge in [0, 0.05) is 13.5 Å². The minimum atomic E-state index is 0.557. The maximum absolute atomic E-state index is 5.87. The monoisotopic (exact) mass is 219 g/mol. The van der Waals surface area contributed by atoms with Gasteiger partial charge in [0.1, 0.15) is 0 Å². The molecule has 0 heterocycles. The first kappa shape index (κ1) is 13.7. The van der Waals surface area contributed by atoms with Gasteiger partial charge in [0.05, 0.1) is 0 Å². The SMILES string of the molecule is CCC[N-][NH+](N)/C(CC)=C(\N)N(C)P. The molecule has 5 nitrogen and oxygen atoms in total. The first-order valence-electron chi connectivity index (χ1n) is 4.81. The number of nitrogens with one attached hydrogen (secondary N) is 1. The zero-order valence-corrected chi connectivity index (χ0v) is 10.4. The second kappa shape index (κ2) is 7.01. The third-order valence-corrected chi connectivity index (χ3v) is 2.14. The fourth-order valence-electron chi connectivity index (χ4n) is 1.03. The minimum absolute atomic E-state index is 0.557. The zero-order valence-electron chi connectivity index (χ0n) is 9.25. The topological polar surface area (TPSA) is 73.8 Å². The molecule has 0 aromatic heterocycles. The van der Waals surface area contributed by atoms with Crippen molar-refractivity contribution in [1.82, 2.24) is 4.67 Å². The smallest absolute Gasteiger partial charge is 0.161 e. The molecule has 0 spiro atoms. The fourth-order valence-corrected chi connectivity index (χ4v) is 1.19. The molecule has 0 radical (unpaired) electrons. The average molecular weight is 219 g/mol. The van der Waals surface area contributed by atoms with E-state index < -0.39 is 0 Å². The van der Waals surface area contributed by atoms with E-state index in [0.29, 0.717) is 10.9 Å². The summed E-state index contributed by atoms with van der Waals surface area (Å²) in [4.78, 5) is 0. The maximum Gasteiger partial charge on any atom is 0.161 e. The highest BCUT2D eigenvalue weighted by Crippen LogP contribution is 2.05. The van der Waals surface area contributed by atoms with E-state index in [9.17, 15) is 0 Å². The van der Waals surface area contributed by atoms with Crippen molar-refractivity contribution in [2.75, 3.05) is 13.6 Å². The van der Waals surface area contributed by atoms with Gasteiger partial charge >= 0.3 is 0 Å². The van der Waals surface area contributed by atoms with Crippen molar-refractivity contribution in [3.63, 3.8) is 0 Å². The Morgan fingerprint density at radius 2 is 2.07 bits per heavy atom. The van der Waals surface area contributed by atoms with Crippen molar-refractivity contribution in [3.8, 4) is 0 Å². The maximum atomic E-state index is 5.87. The van der Waals surface area contributed by atoms with Gasteiger partial charge in [-0.3, -0.25) is 5.12 Å².